The molecule has 0 aromatic carbocycles. The van der Waals surface area contributed by atoms with E-state index in [4.69, 9.17) is 11.5 Å². The first-order valence-electron chi connectivity index (χ1n) is 11.0. The van der Waals surface area contributed by atoms with Gasteiger partial charge in [0.1, 0.15) is 10.7 Å². The lowest BCUT2D eigenvalue weighted by atomic mass is 10.1. The number of carbonyl (C=O) groups excluding carboxylic acids is 2. The van der Waals surface area contributed by atoms with Gasteiger partial charge in [-0.25, -0.2) is 9.78 Å². The van der Waals surface area contributed by atoms with Crippen LogP contribution in [0.2, 0.25) is 0 Å². The summed E-state index contributed by atoms with van der Waals surface area (Å²) in [7, 11) is 0. The molecule has 2 saturated heterocycles. The number of nitrogens with two attached hydrogens (primary N) is 2. The van der Waals surface area contributed by atoms with Crippen molar-refractivity contribution < 1.29 is 9.59 Å². The van der Waals surface area contributed by atoms with Crippen molar-refractivity contribution in [1.82, 2.24) is 10.3 Å². The van der Waals surface area contributed by atoms with Crippen LogP contribution in [0.1, 0.15) is 52.2 Å². The van der Waals surface area contributed by atoms with E-state index >= 15 is 0 Å². The van der Waals surface area contributed by atoms with Gasteiger partial charge in [0, 0.05) is 31.4 Å². The Kier molecular flexibility index (Phi) is 6.93. The Bertz CT molecular complexity index is 1030. The lowest BCUT2D eigenvalue weighted by molar-refractivity contribution is 0.100. The molecule has 0 unspecified atom stereocenters. The predicted octanol–water partition coefficient (Wildman–Crippen LogP) is 2.27. The van der Waals surface area contributed by atoms with Crippen molar-refractivity contribution in [3.8, 4) is 11.8 Å². The molecule has 0 radical (unpaired) electrons. The molecule has 0 bridgehead atoms. The molecule has 0 spiro atoms. The third-order valence-corrected chi connectivity index (χ3v) is 6.88. The average Bonchev–Trinajstić information content (AvgIpc) is 3.23. The highest BCUT2D eigenvalue weighted by Gasteiger charge is 2.29. The Labute approximate surface area is 192 Å². The number of hydrogen-bond donors (Lipinski definition) is 3. The third-order valence-electron chi connectivity index (χ3n) is 5.83. The van der Waals surface area contributed by atoms with Crippen LogP contribution in [0, 0.1) is 11.8 Å². The summed E-state index contributed by atoms with van der Waals surface area (Å²) in [6.45, 7) is 3.60. The molecule has 3 amide bonds. The molecule has 0 aliphatic carbocycles. The van der Waals surface area contributed by atoms with E-state index in [2.05, 4.69) is 27.0 Å². The predicted molar refractivity (Wildman–Crippen MR) is 127 cm³/mol. The highest BCUT2D eigenvalue weighted by atomic mass is 32.1. The van der Waals surface area contributed by atoms with Crippen molar-refractivity contribution in [2.45, 2.75) is 38.1 Å². The van der Waals surface area contributed by atoms with Gasteiger partial charge in [0.25, 0.3) is 5.91 Å². The number of nitrogens with one attached hydrogen (secondary N) is 1. The van der Waals surface area contributed by atoms with Crippen LogP contribution in [0.15, 0.2) is 24.4 Å². The lowest BCUT2D eigenvalue weighted by Gasteiger charge is -2.33. The van der Waals surface area contributed by atoms with Crippen molar-refractivity contribution in [2.75, 3.05) is 36.0 Å². The number of hydrogen-bond acceptors (Lipinski definition) is 6. The van der Waals surface area contributed by atoms with Crippen LogP contribution < -0.4 is 26.6 Å². The summed E-state index contributed by atoms with van der Waals surface area (Å²) in [5.41, 5.74) is 12.5. The van der Waals surface area contributed by atoms with Gasteiger partial charge in [0.05, 0.1) is 16.6 Å². The number of primary amides is 2. The summed E-state index contributed by atoms with van der Waals surface area (Å²) in [6, 6.07) is 4.95. The number of pyridine rings is 1. The minimum Gasteiger partial charge on any atom is -0.365 e. The zero-order chi connectivity index (χ0) is 22.5. The van der Waals surface area contributed by atoms with Gasteiger partial charge in [-0.05, 0) is 56.8 Å². The Hall–Kier alpha value is -3.09. The standard InChI is InChI=1S/C23H28N6O2S/c24-22(30)21-19(29(23(25)31)17-5-4-10-26-15-17)13-18(32-21)8-6-16-7-9-20(27-14-16)28-11-2-1-3-12-28/h7,9,13-14,17,26H,1-5,10-12,15H2,(H2,24,30)(H2,25,31)/t17-/m0/s1. The summed E-state index contributed by atoms with van der Waals surface area (Å²) < 4.78 is 0. The van der Waals surface area contributed by atoms with E-state index in [1.807, 2.05) is 12.1 Å². The second-order valence-corrected chi connectivity index (χ2v) is 9.15. The van der Waals surface area contributed by atoms with E-state index in [0.29, 0.717) is 17.1 Å². The number of carbonyl (C=O) groups is 2. The summed E-state index contributed by atoms with van der Waals surface area (Å²) in [5, 5.41) is 3.27. The summed E-state index contributed by atoms with van der Waals surface area (Å²) in [6.07, 6.45) is 7.18. The molecule has 8 nitrogen and oxygen atoms in total. The lowest BCUT2D eigenvalue weighted by Crippen LogP contribution is -2.51. The van der Waals surface area contributed by atoms with Gasteiger partial charge in [-0.15, -0.1) is 11.3 Å². The number of thiophene rings is 1. The molecule has 168 valence electrons. The highest BCUT2D eigenvalue weighted by molar-refractivity contribution is 7.15. The molecule has 1 atom stereocenters. The highest BCUT2D eigenvalue weighted by Crippen LogP contribution is 2.32. The van der Waals surface area contributed by atoms with E-state index in [1.165, 1.54) is 35.5 Å². The first-order chi connectivity index (χ1) is 15.5. The topological polar surface area (TPSA) is 118 Å². The monoisotopic (exact) mass is 452 g/mol. The van der Waals surface area contributed by atoms with Crippen molar-refractivity contribution in [2.24, 2.45) is 11.5 Å². The number of anilines is 2. The van der Waals surface area contributed by atoms with Crippen molar-refractivity contribution in [3.05, 3.63) is 39.7 Å². The molecule has 2 aliphatic rings. The second kappa shape index (κ2) is 10.0. The van der Waals surface area contributed by atoms with Gasteiger partial charge in [-0.2, -0.15) is 0 Å². The Morgan fingerprint density at radius 2 is 1.97 bits per heavy atom. The first kappa shape index (κ1) is 22.1. The smallest absolute Gasteiger partial charge is 0.319 e. The molecule has 2 fully saturated rings. The Morgan fingerprint density at radius 1 is 1.16 bits per heavy atom. The molecule has 2 aromatic heterocycles. The normalized spacial score (nSPS) is 18.5. The van der Waals surface area contributed by atoms with Crippen LogP contribution in [0.4, 0.5) is 16.3 Å². The first-order valence-corrected chi connectivity index (χ1v) is 11.8. The quantitative estimate of drug-likeness (QED) is 0.615. The van der Waals surface area contributed by atoms with Crippen LogP contribution in [0.3, 0.4) is 0 Å². The maximum atomic E-state index is 12.2. The van der Waals surface area contributed by atoms with Gasteiger partial charge < -0.3 is 21.7 Å². The van der Waals surface area contributed by atoms with Crippen LogP contribution in [0.5, 0.6) is 0 Å². The van der Waals surface area contributed by atoms with Gasteiger partial charge in [0.15, 0.2) is 0 Å². The molecular weight excluding hydrogens is 424 g/mol. The van der Waals surface area contributed by atoms with Gasteiger partial charge in [-0.1, -0.05) is 11.8 Å². The van der Waals surface area contributed by atoms with Crippen LogP contribution >= 0.6 is 11.3 Å². The van der Waals surface area contributed by atoms with Crippen LogP contribution in [-0.2, 0) is 0 Å². The zero-order valence-electron chi connectivity index (χ0n) is 18.0. The van der Waals surface area contributed by atoms with E-state index in [9.17, 15) is 9.59 Å². The fourth-order valence-electron chi connectivity index (χ4n) is 4.25. The largest absolute Gasteiger partial charge is 0.365 e. The molecule has 32 heavy (non-hydrogen) atoms. The summed E-state index contributed by atoms with van der Waals surface area (Å²) in [5.74, 6) is 6.56. The van der Waals surface area contributed by atoms with Gasteiger partial charge >= 0.3 is 6.03 Å². The molecule has 5 N–H and O–H groups in total. The number of piperidine rings is 2. The second-order valence-electron chi connectivity index (χ2n) is 8.10. The molecule has 2 aromatic rings. The van der Waals surface area contributed by atoms with Gasteiger partial charge in [0.2, 0.25) is 0 Å². The van der Waals surface area contributed by atoms with Crippen molar-refractivity contribution in [1.29, 1.82) is 0 Å². The van der Waals surface area contributed by atoms with E-state index in [1.54, 1.807) is 12.3 Å². The maximum Gasteiger partial charge on any atom is 0.319 e. The minimum absolute atomic E-state index is 0.124. The van der Waals surface area contributed by atoms with Crippen molar-refractivity contribution >= 4 is 34.8 Å². The fraction of sp³-hybridized carbons (Fsp3) is 0.435. The van der Waals surface area contributed by atoms with E-state index < -0.39 is 11.9 Å². The minimum atomic E-state index is -0.601. The Balaban J connectivity index is 1.57. The molecular formula is C23H28N6O2S. The van der Waals surface area contributed by atoms with Crippen molar-refractivity contribution in [3.63, 3.8) is 0 Å². The number of amides is 3. The number of urea groups is 1. The number of rotatable bonds is 4. The molecule has 0 saturated carbocycles. The van der Waals surface area contributed by atoms with Crippen LogP contribution in [0.25, 0.3) is 0 Å². The number of nitrogens with zero attached hydrogens (tertiary/aromatic N) is 3. The fourth-order valence-corrected chi connectivity index (χ4v) is 5.11. The zero-order valence-corrected chi connectivity index (χ0v) is 18.8. The SMILES string of the molecule is NC(=O)c1sc(C#Cc2ccc(N3CCCCC3)nc2)cc1N(C(N)=O)[C@H]1CCCNC1. The average molecular weight is 453 g/mol. The van der Waals surface area contributed by atoms with Gasteiger partial charge in [-0.3, -0.25) is 9.69 Å². The summed E-state index contributed by atoms with van der Waals surface area (Å²) in [4.78, 5) is 33.6. The molecule has 4 heterocycles. The third kappa shape index (κ3) is 5.03. The molecule has 4 rings (SSSR count). The number of aromatic nitrogens is 1. The Morgan fingerprint density at radius 3 is 2.59 bits per heavy atom. The van der Waals surface area contributed by atoms with E-state index in [0.717, 1.165) is 43.9 Å². The molecule has 2 aliphatic heterocycles. The molecule has 9 heteroatoms. The summed E-state index contributed by atoms with van der Waals surface area (Å²) >= 11 is 1.18. The maximum absolute atomic E-state index is 12.2. The van der Waals surface area contributed by atoms with E-state index in [-0.39, 0.29) is 10.9 Å². The van der Waals surface area contributed by atoms with Crippen LogP contribution in [-0.4, -0.2) is 49.1 Å².